The smallest absolute Gasteiger partial charge is 0.261 e. The third kappa shape index (κ3) is 3.50. The van der Waals surface area contributed by atoms with E-state index in [4.69, 9.17) is 4.74 Å². The second-order valence-electron chi connectivity index (χ2n) is 5.58. The molecule has 1 heterocycles. The Hall–Kier alpha value is -3.22. The topological polar surface area (TPSA) is 73.2 Å². The van der Waals surface area contributed by atoms with Crippen LogP contribution in [0.25, 0.3) is 10.9 Å². The van der Waals surface area contributed by atoms with Crippen LogP contribution in [0.1, 0.15) is 5.56 Å². The lowest BCUT2D eigenvalue weighted by Gasteiger charge is -2.09. The van der Waals surface area contributed by atoms with Crippen LogP contribution in [0.2, 0.25) is 0 Å². The zero-order chi connectivity index (χ0) is 18.0. The van der Waals surface area contributed by atoms with Crippen molar-refractivity contribution in [1.29, 1.82) is 0 Å². The molecule has 25 heavy (non-hydrogen) atoms. The van der Waals surface area contributed by atoms with Gasteiger partial charge in [0.05, 0.1) is 24.3 Å². The molecule has 0 saturated carbocycles. The van der Waals surface area contributed by atoms with Gasteiger partial charge in [0.25, 0.3) is 5.56 Å². The summed E-state index contributed by atoms with van der Waals surface area (Å²) < 4.78 is 19.9. The maximum absolute atomic E-state index is 13.6. The van der Waals surface area contributed by atoms with E-state index in [1.807, 2.05) is 0 Å². The predicted octanol–water partition coefficient (Wildman–Crippen LogP) is 2.49. The number of benzene rings is 2. The Morgan fingerprint density at radius 3 is 2.88 bits per heavy atom. The lowest BCUT2D eigenvalue weighted by Crippen LogP contribution is -2.28. The van der Waals surface area contributed by atoms with Crippen molar-refractivity contribution in [3.8, 4) is 5.75 Å². The van der Waals surface area contributed by atoms with Gasteiger partial charge in [0.1, 0.15) is 18.1 Å². The molecule has 128 valence electrons. The van der Waals surface area contributed by atoms with E-state index in [-0.39, 0.29) is 23.4 Å². The number of fused-ring (bicyclic) bond motifs is 1. The largest absolute Gasteiger partial charge is 0.497 e. The summed E-state index contributed by atoms with van der Waals surface area (Å²) in [5, 5.41) is 2.97. The van der Waals surface area contributed by atoms with Gasteiger partial charge in [0.2, 0.25) is 5.91 Å². The van der Waals surface area contributed by atoms with Crippen LogP contribution in [-0.2, 0) is 11.3 Å². The van der Waals surface area contributed by atoms with Crippen LogP contribution in [0.15, 0.2) is 47.5 Å². The fourth-order valence-electron chi connectivity index (χ4n) is 2.46. The fourth-order valence-corrected chi connectivity index (χ4v) is 2.46. The molecule has 0 aliphatic carbocycles. The van der Waals surface area contributed by atoms with Gasteiger partial charge in [-0.15, -0.1) is 0 Å². The SMILES string of the molecule is COc1cccc(NC(=O)Cn2cnc3cc(F)c(C)cc3c2=O)c1. The highest BCUT2D eigenvalue weighted by Crippen LogP contribution is 2.17. The van der Waals surface area contributed by atoms with Gasteiger partial charge in [-0.1, -0.05) is 6.07 Å². The van der Waals surface area contributed by atoms with Gasteiger partial charge >= 0.3 is 0 Å². The van der Waals surface area contributed by atoms with E-state index in [0.717, 1.165) is 0 Å². The first-order valence-corrected chi connectivity index (χ1v) is 7.57. The van der Waals surface area contributed by atoms with Crippen LogP contribution in [0.4, 0.5) is 10.1 Å². The average molecular weight is 341 g/mol. The Labute approximate surface area is 142 Å². The van der Waals surface area contributed by atoms with Gasteiger partial charge in [-0.3, -0.25) is 14.2 Å². The molecule has 0 aliphatic rings. The first kappa shape index (κ1) is 16.6. The van der Waals surface area contributed by atoms with Crippen molar-refractivity contribution >= 4 is 22.5 Å². The summed E-state index contributed by atoms with van der Waals surface area (Å²) in [6, 6.07) is 9.55. The maximum Gasteiger partial charge on any atom is 0.261 e. The van der Waals surface area contributed by atoms with Crippen molar-refractivity contribution in [2.24, 2.45) is 0 Å². The van der Waals surface area contributed by atoms with Crippen molar-refractivity contribution < 1.29 is 13.9 Å². The number of carbonyl (C=O) groups excluding carboxylic acids is 1. The molecule has 7 heteroatoms. The minimum absolute atomic E-state index is 0.199. The molecule has 0 saturated heterocycles. The van der Waals surface area contributed by atoms with E-state index in [0.29, 0.717) is 17.0 Å². The molecule has 0 bridgehead atoms. The molecule has 0 atom stereocenters. The van der Waals surface area contributed by atoms with E-state index < -0.39 is 11.4 Å². The van der Waals surface area contributed by atoms with Crippen molar-refractivity contribution in [2.45, 2.75) is 13.5 Å². The molecule has 0 spiro atoms. The number of methoxy groups -OCH3 is 1. The van der Waals surface area contributed by atoms with E-state index in [9.17, 15) is 14.0 Å². The molecule has 1 amide bonds. The quantitative estimate of drug-likeness (QED) is 0.791. The lowest BCUT2D eigenvalue weighted by atomic mass is 10.1. The standard InChI is InChI=1S/C18H16FN3O3/c1-11-6-14-16(8-15(11)19)20-10-22(18(14)24)9-17(23)21-12-4-3-5-13(7-12)25-2/h3-8,10H,9H2,1-2H3,(H,21,23). The summed E-state index contributed by atoms with van der Waals surface area (Å²) in [6.07, 6.45) is 1.24. The molecule has 2 aromatic carbocycles. The molecular weight excluding hydrogens is 325 g/mol. The molecule has 0 fully saturated rings. The summed E-state index contributed by atoms with van der Waals surface area (Å²) in [7, 11) is 1.53. The molecule has 3 aromatic rings. The van der Waals surface area contributed by atoms with Crippen molar-refractivity contribution in [3.05, 3.63) is 64.5 Å². The first-order chi connectivity index (χ1) is 12.0. The number of hydrogen-bond acceptors (Lipinski definition) is 4. The second kappa shape index (κ2) is 6.72. The highest BCUT2D eigenvalue weighted by Gasteiger charge is 2.11. The lowest BCUT2D eigenvalue weighted by molar-refractivity contribution is -0.116. The molecule has 0 radical (unpaired) electrons. The third-order valence-electron chi connectivity index (χ3n) is 3.77. The van der Waals surface area contributed by atoms with E-state index >= 15 is 0 Å². The monoisotopic (exact) mass is 341 g/mol. The van der Waals surface area contributed by atoms with Gasteiger partial charge in [0.15, 0.2) is 0 Å². The highest BCUT2D eigenvalue weighted by atomic mass is 19.1. The van der Waals surface area contributed by atoms with Crippen LogP contribution in [0.3, 0.4) is 0 Å². The van der Waals surface area contributed by atoms with Crippen LogP contribution in [-0.4, -0.2) is 22.6 Å². The first-order valence-electron chi connectivity index (χ1n) is 7.57. The van der Waals surface area contributed by atoms with Gasteiger partial charge in [-0.05, 0) is 30.7 Å². The van der Waals surface area contributed by atoms with Crippen molar-refractivity contribution in [2.75, 3.05) is 12.4 Å². The number of aromatic nitrogens is 2. The molecule has 0 aliphatic heterocycles. The number of anilines is 1. The van der Waals surface area contributed by atoms with Crippen LogP contribution in [0.5, 0.6) is 5.75 Å². The van der Waals surface area contributed by atoms with Gasteiger partial charge in [-0.25, -0.2) is 9.37 Å². The van der Waals surface area contributed by atoms with E-state index in [1.54, 1.807) is 31.2 Å². The molecule has 1 aromatic heterocycles. The van der Waals surface area contributed by atoms with Crippen molar-refractivity contribution in [3.63, 3.8) is 0 Å². The number of aryl methyl sites for hydroxylation is 1. The number of amides is 1. The number of nitrogens with one attached hydrogen (secondary N) is 1. The third-order valence-corrected chi connectivity index (χ3v) is 3.77. The van der Waals surface area contributed by atoms with Crippen LogP contribution < -0.4 is 15.6 Å². The van der Waals surface area contributed by atoms with Crippen LogP contribution >= 0.6 is 0 Å². The number of carbonyl (C=O) groups is 1. The molecule has 1 N–H and O–H groups in total. The normalized spacial score (nSPS) is 10.7. The molecule has 6 nitrogen and oxygen atoms in total. The van der Waals surface area contributed by atoms with Gasteiger partial charge < -0.3 is 10.1 Å². The molecule has 0 unspecified atom stereocenters. The number of halogens is 1. The summed E-state index contributed by atoms with van der Waals surface area (Å²) >= 11 is 0. The Morgan fingerprint density at radius 1 is 1.32 bits per heavy atom. The number of ether oxygens (including phenoxy) is 1. The Balaban J connectivity index is 1.84. The Morgan fingerprint density at radius 2 is 2.12 bits per heavy atom. The Bertz CT molecular complexity index is 1010. The average Bonchev–Trinajstić information content (AvgIpc) is 2.59. The number of nitrogens with zero attached hydrogens (tertiary/aromatic N) is 2. The van der Waals surface area contributed by atoms with Crippen molar-refractivity contribution in [1.82, 2.24) is 9.55 Å². The minimum Gasteiger partial charge on any atom is -0.497 e. The second-order valence-corrected chi connectivity index (χ2v) is 5.58. The minimum atomic E-state index is -0.423. The fraction of sp³-hybridized carbons (Fsp3) is 0.167. The maximum atomic E-state index is 13.6. The highest BCUT2D eigenvalue weighted by molar-refractivity contribution is 5.91. The number of rotatable bonds is 4. The van der Waals surface area contributed by atoms with E-state index in [1.165, 1.54) is 30.1 Å². The predicted molar refractivity (Wildman–Crippen MR) is 92.3 cm³/mol. The van der Waals surface area contributed by atoms with Crippen LogP contribution in [0, 0.1) is 12.7 Å². The Kier molecular flexibility index (Phi) is 4.47. The van der Waals surface area contributed by atoms with Gasteiger partial charge in [0, 0.05) is 17.8 Å². The zero-order valence-electron chi connectivity index (χ0n) is 13.7. The molecular formula is C18H16FN3O3. The number of hydrogen-bond donors (Lipinski definition) is 1. The summed E-state index contributed by atoms with van der Waals surface area (Å²) in [6.45, 7) is 1.37. The zero-order valence-corrected chi connectivity index (χ0v) is 13.7. The van der Waals surface area contributed by atoms with E-state index in [2.05, 4.69) is 10.3 Å². The summed E-state index contributed by atoms with van der Waals surface area (Å²) in [5.41, 5.74) is 0.778. The summed E-state index contributed by atoms with van der Waals surface area (Å²) in [5.74, 6) is -0.192. The molecule has 3 rings (SSSR count). The van der Waals surface area contributed by atoms with Gasteiger partial charge in [-0.2, -0.15) is 0 Å². The summed E-state index contributed by atoms with van der Waals surface area (Å²) in [4.78, 5) is 28.7.